The van der Waals surface area contributed by atoms with Crippen molar-refractivity contribution < 1.29 is 9.53 Å². The first-order chi connectivity index (χ1) is 12.2. The molecular weight excluding hydrogens is 348 g/mol. The van der Waals surface area contributed by atoms with Crippen LogP contribution in [0.1, 0.15) is 59.6 Å². The van der Waals surface area contributed by atoms with Gasteiger partial charge in [-0.3, -0.25) is 0 Å². The van der Waals surface area contributed by atoms with Crippen LogP contribution < -0.4 is 4.74 Å². The Hall–Kier alpha value is -1.65. The summed E-state index contributed by atoms with van der Waals surface area (Å²) in [6, 6.07) is 12.1. The highest BCUT2D eigenvalue weighted by molar-refractivity contribution is 7.39. The standard InChI is InChI=1S/C21H24O2S2/c1-3-5-7-15-9-11-17(12-10-15)23-20(22)19-14-16-13-18(8-6-4-2)24-21(16)25-19/h9-14H,3-8H2,1-2H3. The largest absolute Gasteiger partial charge is 0.422 e. The molecule has 0 radical (unpaired) electrons. The zero-order valence-corrected chi connectivity index (χ0v) is 16.5. The van der Waals surface area contributed by atoms with E-state index in [9.17, 15) is 4.79 Å². The van der Waals surface area contributed by atoms with Crippen molar-refractivity contribution in [3.8, 4) is 5.75 Å². The molecule has 0 amide bonds. The van der Waals surface area contributed by atoms with Crippen molar-refractivity contribution in [1.29, 1.82) is 0 Å². The van der Waals surface area contributed by atoms with Crippen LogP contribution in [0.5, 0.6) is 5.75 Å². The number of unbranched alkanes of at least 4 members (excludes halogenated alkanes) is 2. The number of hydrogen-bond donors (Lipinski definition) is 0. The van der Waals surface area contributed by atoms with Crippen LogP contribution >= 0.6 is 22.7 Å². The predicted molar refractivity (Wildman–Crippen MR) is 108 cm³/mol. The molecule has 1 aromatic carbocycles. The average molecular weight is 373 g/mol. The van der Waals surface area contributed by atoms with Crippen molar-refractivity contribution >= 4 is 38.0 Å². The van der Waals surface area contributed by atoms with E-state index < -0.39 is 0 Å². The van der Waals surface area contributed by atoms with Crippen LogP contribution in [-0.2, 0) is 12.8 Å². The molecule has 2 heterocycles. The van der Waals surface area contributed by atoms with E-state index in [2.05, 4.69) is 19.9 Å². The quantitative estimate of drug-likeness (QED) is 0.319. The van der Waals surface area contributed by atoms with Gasteiger partial charge in [-0.25, -0.2) is 4.79 Å². The maximum atomic E-state index is 12.4. The van der Waals surface area contributed by atoms with E-state index in [-0.39, 0.29) is 5.97 Å². The molecule has 0 spiro atoms. The molecule has 2 nitrogen and oxygen atoms in total. The number of aryl methyl sites for hydroxylation is 2. The van der Waals surface area contributed by atoms with Crippen molar-refractivity contribution in [2.24, 2.45) is 0 Å². The minimum absolute atomic E-state index is 0.259. The summed E-state index contributed by atoms with van der Waals surface area (Å²) in [5.41, 5.74) is 1.29. The molecule has 3 aromatic rings. The number of hydrogen-bond acceptors (Lipinski definition) is 4. The van der Waals surface area contributed by atoms with Gasteiger partial charge in [0.15, 0.2) is 0 Å². The van der Waals surface area contributed by atoms with Crippen molar-refractivity contribution in [2.75, 3.05) is 0 Å². The molecule has 4 heteroatoms. The van der Waals surface area contributed by atoms with Gasteiger partial charge in [-0.2, -0.15) is 0 Å². The number of fused-ring (bicyclic) bond motifs is 1. The van der Waals surface area contributed by atoms with Crippen molar-refractivity contribution in [3.63, 3.8) is 0 Å². The SMILES string of the molecule is CCCCc1ccc(OC(=O)c2cc3cc(CCCC)sc3s2)cc1. The monoisotopic (exact) mass is 372 g/mol. The first kappa shape index (κ1) is 18.2. The fourth-order valence-corrected chi connectivity index (χ4v) is 5.14. The van der Waals surface area contributed by atoms with Crippen LogP contribution in [0, 0.1) is 0 Å². The van der Waals surface area contributed by atoms with Crippen LogP contribution in [0.2, 0.25) is 0 Å². The molecule has 0 aliphatic rings. The zero-order chi connectivity index (χ0) is 17.6. The lowest BCUT2D eigenvalue weighted by Crippen LogP contribution is -2.06. The molecular formula is C21H24O2S2. The Labute approximate surface area is 157 Å². The number of esters is 1. The lowest BCUT2D eigenvalue weighted by molar-refractivity contribution is 0.0740. The second-order valence-electron chi connectivity index (χ2n) is 6.31. The smallest absolute Gasteiger partial charge is 0.353 e. The number of thiophene rings is 2. The molecule has 0 fully saturated rings. The number of benzene rings is 1. The van der Waals surface area contributed by atoms with E-state index in [1.807, 2.05) is 30.3 Å². The summed E-state index contributed by atoms with van der Waals surface area (Å²) < 4.78 is 6.75. The summed E-state index contributed by atoms with van der Waals surface area (Å²) in [7, 11) is 0. The summed E-state index contributed by atoms with van der Waals surface area (Å²) in [4.78, 5) is 14.5. The fourth-order valence-electron chi connectivity index (χ4n) is 2.73. The molecule has 0 atom stereocenters. The Morgan fingerprint density at radius 2 is 1.68 bits per heavy atom. The number of ether oxygens (including phenoxy) is 1. The Bertz CT molecular complexity index is 796. The van der Waals surface area contributed by atoms with Crippen molar-refractivity contribution in [2.45, 2.75) is 52.4 Å². The predicted octanol–water partition coefficient (Wildman–Crippen LogP) is 6.87. The number of carbonyl (C=O) groups is 1. The second kappa shape index (κ2) is 8.63. The number of carbonyl (C=O) groups excluding carboxylic acids is 1. The van der Waals surface area contributed by atoms with Gasteiger partial charge >= 0.3 is 5.97 Å². The second-order valence-corrected chi connectivity index (χ2v) is 8.75. The summed E-state index contributed by atoms with van der Waals surface area (Å²) in [5, 5.41) is 1.17. The number of rotatable bonds is 8. The maximum Gasteiger partial charge on any atom is 0.353 e. The van der Waals surface area contributed by atoms with E-state index in [0.717, 1.165) is 12.8 Å². The third-order valence-corrected chi connectivity index (χ3v) is 6.63. The minimum atomic E-state index is -0.259. The maximum absolute atomic E-state index is 12.4. The van der Waals surface area contributed by atoms with Gasteiger partial charge in [0.2, 0.25) is 0 Å². The molecule has 0 saturated carbocycles. The van der Waals surface area contributed by atoms with Crippen LogP contribution in [0.25, 0.3) is 9.40 Å². The average Bonchev–Trinajstić information content (AvgIpc) is 3.18. The summed E-state index contributed by atoms with van der Waals surface area (Å²) in [6.45, 7) is 4.40. The molecule has 2 aromatic heterocycles. The molecule has 0 N–H and O–H groups in total. The van der Waals surface area contributed by atoms with Crippen LogP contribution in [0.4, 0.5) is 0 Å². The van der Waals surface area contributed by atoms with Gasteiger partial charge in [-0.15, -0.1) is 22.7 Å². The summed E-state index contributed by atoms with van der Waals surface area (Å²) in [6.07, 6.45) is 7.01. The van der Waals surface area contributed by atoms with E-state index in [1.165, 1.54) is 56.9 Å². The first-order valence-electron chi connectivity index (χ1n) is 9.03. The van der Waals surface area contributed by atoms with E-state index in [0.29, 0.717) is 10.6 Å². The van der Waals surface area contributed by atoms with Gasteiger partial charge in [-0.1, -0.05) is 38.8 Å². The van der Waals surface area contributed by atoms with Crippen LogP contribution in [0.15, 0.2) is 36.4 Å². The van der Waals surface area contributed by atoms with E-state index in [1.54, 1.807) is 11.3 Å². The van der Waals surface area contributed by atoms with Gasteiger partial charge in [0.1, 0.15) is 10.6 Å². The highest BCUT2D eigenvalue weighted by Gasteiger charge is 2.15. The van der Waals surface area contributed by atoms with Crippen molar-refractivity contribution in [3.05, 3.63) is 51.7 Å². The third-order valence-electron chi connectivity index (χ3n) is 4.20. The molecule has 3 rings (SSSR count). The highest BCUT2D eigenvalue weighted by atomic mass is 32.2. The molecule has 0 aliphatic heterocycles. The lowest BCUT2D eigenvalue weighted by atomic mass is 10.1. The van der Waals surface area contributed by atoms with E-state index >= 15 is 0 Å². The Morgan fingerprint density at radius 3 is 2.36 bits per heavy atom. The van der Waals surface area contributed by atoms with Gasteiger partial charge in [0, 0.05) is 10.3 Å². The third kappa shape index (κ3) is 4.71. The zero-order valence-electron chi connectivity index (χ0n) is 14.8. The van der Waals surface area contributed by atoms with Crippen LogP contribution in [-0.4, -0.2) is 5.97 Å². The summed E-state index contributed by atoms with van der Waals surface area (Å²) in [5.74, 6) is 0.357. The van der Waals surface area contributed by atoms with Crippen molar-refractivity contribution in [1.82, 2.24) is 0 Å². The molecule has 0 bridgehead atoms. The van der Waals surface area contributed by atoms with Gasteiger partial charge in [0.25, 0.3) is 0 Å². The van der Waals surface area contributed by atoms with Crippen LogP contribution in [0.3, 0.4) is 0 Å². The highest BCUT2D eigenvalue weighted by Crippen LogP contribution is 2.34. The molecule has 0 unspecified atom stereocenters. The Balaban J connectivity index is 1.64. The summed E-state index contributed by atoms with van der Waals surface area (Å²) >= 11 is 3.34. The minimum Gasteiger partial charge on any atom is -0.422 e. The first-order valence-corrected chi connectivity index (χ1v) is 10.7. The van der Waals surface area contributed by atoms with Gasteiger partial charge in [0.05, 0.1) is 4.01 Å². The molecule has 132 valence electrons. The normalized spacial score (nSPS) is 11.1. The molecule has 0 saturated heterocycles. The lowest BCUT2D eigenvalue weighted by Gasteiger charge is -2.04. The molecule has 0 aliphatic carbocycles. The Kier molecular flexibility index (Phi) is 6.27. The van der Waals surface area contributed by atoms with Gasteiger partial charge in [-0.05, 0) is 55.5 Å². The Morgan fingerprint density at radius 1 is 0.960 bits per heavy atom. The van der Waals surface area contributed by atoms with E-state index in [4.69, 9.17) is 4.74 Å². The fraction of sp³-hybridized carbons (Fsp3) is 0.381. The molecule has 25 heavy (non-hydrogen) atoms. The topological polar surface area (TPSA) is 26.3 Å². The van der Waals surface area contributed by atoms with Gasteiger partial charge < -0.3 is 4.74 Å².